The number of aromatic nitrogens is 1. The first-order valence-corrected chi connectivity index (χ1v) is 9.44. The van der Waals surface area contributed by atoms with E-state index in [4.69, 9.17) is 4.74 Å². The first-order chi connectivity index (χ1) is 14.0. The van der Waals surface area contributed by atoms with Gasteiger partial charge in [0.2, 0.25) is 0 Å². The van der Waals surface area contributed by atoms with Crippen LogP contribution in [-0.2, 0) is 4.79 Å². The number of H-pyrrole nitrogens is 1. The molecule has 1 N–H and O–H groups in total. The highest BCUT2D eigenvalue weighted by atomic mass is 16.5. The zero-order chi connectivity index (χ0) is 20.1. The van der Waals surface area contributed by atoms with Crippen molar-refractivity contribution in [3.63, 3.8) is 0 Å². The Morgan fingerprint density at radius 3 is 2.69 bits per heavy atom. The van der Waals surface area contributed by atoms with Crippen molar-refractivity contribution in [1.29, 1.82) is 0 Å². The fourth-order valence-electron chi connectivity index (χ4n) is 4.21. The minimum atomic E-state index is -0.403. The number of hydrogen-bond acceptors (Lipinski definition) is 3. The van der Waals surface area contributed by atoms with E-state index in [0.717, 1.165) is 38.2 Å². The van der Waals surface area contributed by atoms with Crippen LogP contribution in [0, 0.1) is 5.92 Å². The van der Waals surface area contributed by atoms with Crippen LogP contribution in [0.25, 0.3) is 22.0 Å². The van der Waals surface area contributed by atoms with Crippen molar-refractivity contribution in [2.45, 2.75) is 13.8 Å². The maximum atomic E-state index is 12.5. The highest BCUT2D eigenvalue weighted by molar-refractivity contribution is 6.06. The fourth-order valence-corrected chi connectivity index (χ4v) is 4.21. The smallest absolute Gasteiger partial charge is 0.343 e. The van der Waals surface area contributed by atoms with E-state index in [-0.39, 0.29) is 11.8 Å². The Balaban J connectivity index is 1.67. The molecule has 0 bridgehead atoms. The predicted molar refractivity (Wildman–Crippen MR) is 112 cm³/mol. The third-order valence-corrected chi connectivity index (χ3v) is 5.64. The Bertz CT molecular complexity index is 1370. The number of aromatic amines is 1. The largest absolute Gasteiger partial charge is 0.423 e. The second-order valence-electron chi connectivity index (χ2n) is 7.32. The standard InChI is InChI=1S/C24H18N2O3/c1-13-17-10-11-25-23(27)21(17)14(2)20-18-12-16(8-9-19(18)26-22(13)20)29-24(28)15-6-4-3-5-7-15/h3-12,21,26H,1-2H3. The molecule has 5 heteroatoms. The van der Waals surface area contributed by atoms with Gasteiger partial charge in [0.05, 0.1) is 11.5 Å². The van der Waals surface area contributed by atoms with E-state index in [1.807, 2.05) is 38.1 Å². The van der Waals surface area contributed by atoms with E-state index in [2.05, 4.69) is 9.98 Å². The first-order valence-electron chi connectivity index (χ1n) is 9.44. The number of esters is 1. The fraction of sp³-hybridized carbons (Fsp3) is 0.125. The normalized spacial score (nSPS) is 17.8. The van der Waals surface area contributed by atoms with Gasteiger partial charge in [-0.3, -0.25) is 4.79 Å². The maximum Gasteiger partial charge on any atom is 0.343 e. The van der Waals surface area contributed by atoms with Gasteiger partial charge in [0.15, 0.2) is 0 Å². The van der Waals surface area contributed by atoms with Crippen LogP contribution in [0.5, 0.6) is 5.75 Å². The van der Waals surface area contributed by atoms with Gasteiger partial charge in [0.1, 0.15) is 5.75 Å². The average molecular weight is 382 g/mol. The highest BCUT2D eigenvalue weighted by Crippen LogP contribution is 2.32. The lowest BCUT2D eigenvalue weighted by molar-refractivity contribution is -0.119. The van der Waals surface area contributed by atoms with E-state index < -0.39 is 5.97 Å². The maximum absolute atomic E-state index is 12.5. The van der Waals surface area contributed by atoms with E-state index >= 15 is 0 Å². The summed E-state index contributed by atoms with van der Waals surface area (Å²) in [5.74, 6) is -0.444. The van der Waals surface area contributed by atoms with Crippen molar-refractivity contribution in [2.24, 2.45) is 10.9 Å². The van der Waals surface area contributed by atoms with Crippen molar-refractivity contribution in [3.8, 4) is 5.75 Å². The van der Waals surface area contributed by atoms with Crippen LogP contribution in [0.4, 0.5) is 0 Å². The molecule has 1 aliphatic carbocycles. The monoisotopic (exact) mass is 382 g/mol. The Morgan fingerprint density at radius 2 is 1.90 bits per heavy atom. The van der Waals surface area contributed by atoms with Gasteiger partial charge in [-0.15, -0.1) is 0 Å². The molecular weight excluding hydrogens is 364 g/mol. The number of carbonyl (C=O) groups is 2. The molecular formula is C24H18N2O3. The van der Waals surface area contributed by atoms with Crippen molar-refractivity contribution < 1.29 is 14.3 Å². The molecule has 1 atom stereocenters. The summed E-state index contributed by atoms with van der Waals surface area (Å²) >= 11 is 0. The molecule has 1 aromatic heterocycles. The molecule has 0 radical (unpaired) electrons. The molecule has 5 rings (SSSR count). The Morgan fingerprint density at radius 1 is 1.10 bits per heavy atom. The summed E-state index contributed by atoms with van der Waals surface area (Å²) < 4.78 is 5.59. The van der Waals surface area contributed by atoms with E-state index in [1.54, 1.807) is 36.5 Å². The molecule has 2 aliphatic rings. The Kier molecular flexibility index (Phi) is 3.84. The van der Waals surface area contributed by atoms with Gasteiger partial charge in [0, 0.05) is 27.7 Å². The van der Waals surface area contributed by atoms with Crippen LogP contribution in [0.15, 0.2) is 65.2 Å². The number of fused-ring (bicyclic) bond motifs is 4. The number of rotatable bonds is 2. The van der Waals surface area contributed by atoms with Crippen molar-refractivity contribution in [2.75, 3.05) is 0 Å². The first kappa shape index (κ1) is 17.4. The van der Waals surface area contributed by atoms with Crippen molar-refractivity contribution >= 4 is 40.1 Å². The number of ether oxygens (including phenoxy) is 1. The molecule has 2 heterocycles. The molecule has 5 nitrogen and oxygen atoms in total. The lowest BCUT2D eigenvalue weighted by atomic mass is 9.81. The number of amides is 1. The molecule has 142 valence electrons. The van der Waals surface area contributed by atoms with Crippen LogP contribution < -0.4 is 15.3 Å². The van der Waals surface area contributed by atoms with E-state index in [1.165, 1.54) is 0 Å². The molecule has 3 aromatic rings. The Labute approximate surface area is 166 Å². The summed E-state index contributed by atoms with van der Waals surface area (Å²) in [6, 6.07) is 14.4. The number of aliphatic imine (C=N–C) groups is 1. The number of dihydropyridines is 1. The molecule has 0 spiro atoms. The van der Waals surface area contributed by atoms with Gasteiger partial charge in [-0.05, 0) is 67.0 Å². The van der Waals surface area contributed by atoms with Crippen molar-refractivity contribution in [3.05, 3.63) is 76.3 Å². The summed E-state index contributed by atoms with van der Waals surface area (Å²) in [4.78, 5) is 32.3. The quantitative estimate of drug-likeness (QED) is 0.547. The predicted octanol–water partition coefficient (Wildman–Crippen LogP) is 2.90. The van der Waals surface area contributed by atoms with Crippen LogP contribution in [0.3, 0.4) is 0 Å². The van der Waals surface area contributed by atoms with Gasteiger partial charge in [-0.2, -0.15) is 0 Å². The third kappa shape index (κ3) is 2.66. The van der Waals surface area contributed by atoms with E-state index in [0.29, 0.717) is 11.3 Å². The summed E-state index contributed by atoms with van der Waals surface area (Å²) in [6.07, 6.45) is 3.48. The van der Waals surface area contributed by atoms with Crippen LogP contribution in [0.2, 0.25) is 0 Å². The van der Waals surface area contributed by atoms with Crippen molar-refractivity contribution in [1.82, 2.24) is 4.98 Å². The zero-order valence-electron chi connectivity index (χ0n) is 16.0. The number of nitrogens with one attached hydrogen (secondary N) is 1. The van der Waals surface area contributed by atoms with E-state index in [9.17, 15) is 9.59 Å². The van der Waals surface area contributed by atoms with Gasteiger partial charge >= 0.3 is 5.97 Å². The molecule has 0 fully saturated rings. The molecule has 29 heavy (non-hydrogen) atoms. The summed E-state index contributed by atoms with van der Waals surface area (Å²) in [5, 5.41) is 2.91. The minimum absolute atomic E-state index is 0.147. The summed E-state index contributed by atoms with van der Waals surface area (Å²) in [6.45, 7) is 3.99. The zero-order valence-corrected chi connectivity index (χ0v) is 16.0. The number of carbonyl (C=O) groups excluding carboxylic acids is 2. The highest BCUT2D eigenvalue weighted by Gasteiger charge is 2.31. The molecule has 1 amide bonds. The lowest BCUT2D eigenvalue weighted by Gasteiger charge is -2.24. The molecule has 0 saturated carbocycles. The van der Waals surface area contributed by atoms with Crippen LogP contribution in [0.1, 0.15) is 24.2 Å². The lowest BCUT2D eigenvalue weighted by Crippen LogP contribution is -2.38. The Hall–Kier alpha value is -3.73. The van der Waals surface area contributed by atoms with Gasteiger partial charge in [0.25, 0.3) is 5.91 Å². The van der Waals surface area contributed by atoms with Gasteiger partial charge < -0.3 is 9.72 Å². The number of benzene rings is 2. The van der Waals surface area contributed by atoms with Gasteiger partial charge in [-0.1, -0.05) is 18.2 Å². The number of allylic oxidation sites excluding steroid dienone is 1. The minimum Gasteiger partial charge on any atom is -0.423 e. The number of hydrogen-bond donors (Lipinski definition) is 1. The molecule has 1 unspecified atom stereocenters. The average Bonchev–Trinajstić information content (AvgIpc) is 3.12. The SMILES string of the molecule is CC1=c2[nH]c3ccc(OC(=O)c4ccccc4)cc3c2=C(C)C2C(=O)N=CC=C12. The molecule has 0 saturated heterocycles. The second kappa shape index (κ2) is 6.41. The van der Waals surface area contributed by atoms with Crippen LogP contribution >= 0.6 is 0 Å². The van der Waals surface area contributed by atoms with Crippen LogP contribution in [-0.4, -0.2) is 23.1 Å². The summed E-state index contributed by atoms with van der Waals surface area (Å²) in [5.41, 5.74) is 4.40. The molecule has 1 aliphatic heterocycles. The number of nitrogens with zero attached hydrogens (tertiary/aromatic N) is 1. The van der Waals surface area contributed by atoms with Gasteiger partial charge in [-0.25, -0.2) is 9.79 Å². The molecule has 2 aromatic carbocycles. The third-order valence-electron chi connectivity index (χ3n) is 5.64. The summed E-state index contributed by atoms with van der Waals surface area (Å²) in [7, 11) is 0. The second-order valence-corrected chi connectivity index (χ2v) is 7.32. The topological polar surface area (TPSA) is 71.5 Å².